The van der Waals surface area contributed by atoms with E-state index in [0.29, 0.717) is 18.8 Å². The average Bonchev–Trinajstić information content (AvgIpc) is 3.29. The van der Waals surface area contributed by atoms with Crippen molar-refractivity contribution < 1.29 is 14.0 Å². The molecule has 148 valence electrons. The molecule has 0 aliphatic rings. The summed E-state index contributed by atoms with van der Waals surface area (Å²) in [5.41, 5.74) is 1.00. The van der Waals surface area contributed by atoms with Gasteiger partial charge >= 0.3 is 0 Å². The van der Waals surface area contributed by atoms with Gasteiger partial charge < -0.3 is 18.8 Å². The summed E-state index contributed by atoms with van der Waals surface area (Å²) in [7, 11) is 1.94. The Morgan fingerprint density at radius 3 is 2.48 bits per heavy atom. The number of hydrogen-bond acceptors (Lipinski definition) is 3. The number of halogens is 1. The van der Waals surface area contributed by atoms with E-state index in [1.54, 1.807) is 29.1 Å². The second-order valence-corrected chi connectivity index (χ2v) is 7.43. The van der Waals surface area contributed by atoms with Gasteiger partial charge in [0.15, 0.2) is 0 Å². The Labute approximate surface area is 165 Å². The van der Waals surface area contributed by atoms with Crippen LogP contribution in [0.3, 0.4) is 0 Å². The maximum absolute atomic E-state index is 13.1. The maximum Gasteiger partial charge on any atom is 0.242 e. The minimum atomic E-state index is -0.668. The highest BCUT2D eigenvalue weighted by atomic mass is 35.5. The van der Waals surface area contributed by atoms with Crippen LogP contribution < -0.4 is 0 Å². The molecule has 0 aromatic carbocycles. The van der Waals surface area contributed by atoms with Gasteiger partial charge in [0.2, 0.25) is 11.8 Å². The molecule has 7 heteroatoms. The Morgan fingerprint density at radius 1 is 1.22 bits per heavy atom. The van der Waals surface area contributed by atoms with Crippen molar-refractivity contribution in [2.45, 2.75) is 51.7 Å². The second-order valence-electron chi connectivity index (χ2n) is 6.78. The lowest BCUT2D eigenvalue weighted by molar-refractivity contribution is -0.142. The van der Waals surface area contributed by atoms with Crippen molar-refractivity contribution in [2.75, 3.05) is 6.54 Å². The minimum Gasteiger partial charge on any atom is -0.467 e. The smallest absolute Gasteiger partial charge is 0.242 e. The quantitative estimate of drug-likeness (QED) is 0.613. The molecular weight excluding hydrogens is 366 g/mol. The van der Waals surface area contributed by atoms with Gasteiger partial charge in [-0.05, 0) is 44.5 Å². The molecule has 0 spiro atoms. The molecule has 2 aromatic rings. The summed E-state index contributed by atoms with van der Waals surface area (Å²) in [6.45, 7) is 6.32. The van der Waals surface area contributed by atoms with E-state index < -0.39 is 5.38 Å². The van der Waals surface area contributed by atoms with E-state index >= 15 is 0 Å². The Hall–Kier alpha value is -2.21. The summed E-state index contributed by atoms with van der Waals surface area (Å²) < 4.78 is 7.39. The van der Waals surface area contributed by atoms with Gasteiger partial charge in [0.05, 0.1) is 19.4 Å². The zero-order valence-electron chi connectivity index (χ0n) is 16.4. The number of furan rings is 1. The summed E-state index contributed by atoms with van der Waals surface area (Å²) in [4.78, 5) is 28.9. The molecule has 0 aliphatic carbocycles. The average molecular weight is 394 g/mol. The van der Waals surface area contributed by atoms with E-state index in [4.69, 9.17) is 16.0 Å². The van der Waals surface area contributed by atoms with Crippen LogP contribution >= 0.6 is 11.6 Å². The fourth-order valence-corrected chi connectivity index (χ4v) is 2.95. The summed E-state index contributed by atoms with van der Waals surface area (Å²) in [5.74, 6) is 0.333. The van der Waals surface area contributed by atoms with Crippen LogP contribution in [-0.2, 0) is 29.7 Å². The van der Waals surface area contributed by atoms with Crippen LogP contribution in [0.2, 0.25) is 0 Å². The fraction of sp³-hybridized carbons (Fsp3) is 0.500. The highest BCUT2D eigenvalue weighted by Gasteiger charge is 2.27. The van der Waals surface area contributed by atoms with E-state index in [1.807, 2.05) is 49.9 Å². The molecule has 27 heavy (non-hydrogen) atoms. The van der Waals surface area contributed by atoms with Gasteiger partial charge in [-0.3, -0.25) is 9.59 Å². The zero-order valence-corrected chi connectivity index (χ0v) is 17.1. The molecule has 2 aromatic heterocycles. The number of carbonyl (C=O) groups is 2. The van der Waals surface area contributed by atoms with Gasteiger partial charge in [0.1, 0.15) is 17.7 Å². The highest BCUT2D eigenvalue weighted by molar-refractivity contribution is 6.30. The van der Waals surface area contributed by atoms with Crippen molar-refractivity contribution in [3.8, 4) is 0 Å². The Morgan fingerprint density at radius 2 is 1.96 bits per heavy atom. The molecule has 6 nitrogen and oxygen atoms in total. The Kier molecular flexibility index (Phi) is 7.54. The van der Waals surface area contributed by atoms with E-state index in [-0.39, 0.29) is 24.4 Å². The van der Waals surface area contributed by atoms with E-state index in [0.717, 1.165) is 12.1 Å². The molecule has 2 rings (SSSR count). The normalized spacial score (nSPS) is 13.2. The number of hydrogen-bond donors (Lipinski definition) is 0. The van der Waals surface area contributed by atoms with Crippen LogP contribution in [0.15, 0.2) is 41.1 Å². The summed E-state index contributed by atoms with van der Waals surface area (Å²) >= 11 is 6.00. The molecule has 0 bridgehead atoms. The first-order valence-electron chi connectivity index (χ1n) is 9.18. The molecule has 0 radical (unpaired) electrons. The van der Waals surface area contributed by atoms with Gasteiger partial charge in [-0.1, -0.05) is 6.92 Å². The number of aromatic nitrogens is 1. The molecule has 2 atom stereocenters. The fourth-order valence-electron chi connectivity index (χ4n) is 2.82. The molecule has 0 fully saturated rings. The molecule has 0 N–H and O–H groups in total. The third kappa shape index (κ3) is 5.63. The second kappa shape index (κ2) is 9.65. The standard InChI is InChI=1S/C20H28ClN3O3/c1-5-15(2)24(20(26)16(3)21)14-19(25)23(13-18-9-7-11-27-18)12-17-8-6-10-22(17)4/h6-11,15-16H,5,12-14H2,1-4H3. The minimum absolute atomic E-state index is 0.00394. The largest absolute Gasteiger partial charge is 0.467 e. The first-order chi connectivity index (χ1) is 12.8. The van der Waals surface area contributed by atoms with Gasteiger partial charge in [-0.2, -0.15) is 0 Å². The molecule has 0 saturated carbocycles. The SMILES string of the molecule is CCC(C)N(CC(=O)N(Cc1ccco1)Cc1cccn1C)C(=O)C(C)Cl. The molecule has 0 aliphatic heterocycles. The van der Waals surface area contributed by atoms with Crippen molar-refractivity contribution in [3.05, 3.63) is 48.2 Å². The number of carbonyl (C=O) groups excluding carboxylic acids is 2. The van der Waals surface area contributed by atoms with Gasteiger partial charge in [0, 0.05) is 25.0 Å². The topological polar surface area (TPSA) is 58.7 Å². The molecule has 2 amide bonds. The molecule has 2 unspecified atom stereocenters. The lowest BCUT2D eigenvalue weighted by atomic mass is 10.2. The van der Waals surface area contributed by atoms with E-state index in [9.17, 15) is 9.59 Å². The van der Waals surface area contributed by atoms with Crippen molar-refractivity contribution in [1.29, 1.82) is 0 Å². The van der Waals surface area contributed by atoms with Crippen LogP contribution in [0.4, 0.5) is 0 Å². The van der Waals surface area contributed by atoms with Crippen molar-refractivity contribution in [2.24, 2.45) is 7.05 Å². The molecule has 2 heterocycles. The van der Waals surface area contributed by atoms with E-state index in [1.165, 1.54) is 0 Å². The third-order valence-corrected chi connectivity index (χ3v) is 4.92. The van der Waals surface area contributed by atoms with Gasteiger partial charge in [-0.15, -0.1) is 11.6 Å². The van der Waals surface area contributed by atoms with Crippen LogP contribution in [0.5, 0.6) is 0 Å². The highest BCUT2D eigenvalue weighted by Crippen LogP contribution is 2.14. The number of rotatable bonds is 9. The first-order valence-corrected chi connectivity index (χ1v) is 9.62. The first kappa shape index (κ1) is 21.1. The van der Waals surface area contributed by atoms with E-state index in [2.05, 4.69) is 0 Å². The van der Waals surface area contributed by atoms with Crippen LogP contribution in [0.25, 0.3) is 0 Å². The number of amides is 2. The zero-order chi connectivity index (χ0) is 20.0. The van der Waals surface area contributed by atoms with Gasteiger partial charge in [-0.25, -0.2) is 0 Å². The maximum atomic E-state index is 13.1. The van der Waals surface area contributed by atoms with Crippen LogP contribution in [-0.4, -0.2) is 44.1 Å². The lowest BCUT2D eigenvalue weighted by Crippen LogP contribution is -2.48. The predicted octanol–water partition coefficient (Wildman–Crippen LogP) is 3.40. The van der Waals surface area contributed by atoms with Crippen LogP contribution in [0.1, 0.15) is 38.6 Å². The summed E-state index contributed by atoms with van der Waals surface area (Å²) in [6.07, 6.45) is 4.28. The lowest BCUT2D eigenvalue weighted by Gasteiger charge is -2.31. The number of nitrogens with zero attached hydrogens (tertiary/aromatic N) is 3. The van der Waals surface area contributed by atoms with Gasteiger partial charge in [0.25, 0.3) is 0 Å². The monoisotopic (exact) mass is 393 g/mol. The Bertz CT molecular complexity index is 740. The molecular formula is C20H28ClN3O3. The summed E-state index contributed by atoms with van der Waals surface area (Å²) in [5, 5.41) is -0.668. The van der Waals surface area contributed by atoms with Crippen molar-refractivity contribution in [3.63, 3.8) is 0 Å². The van der Waals surface area contributed by atoms with Crippen LogP contribution in [0, 0.1) is 0 Å². The Balaban J connectivity index is 2.20. The molecule has 0 saturated heterocycles. The predicted molar refractivity (Wildman–Crippen MR) is 105 cm³/mol. The van der Waals surface area contributed by atoms with Crippen molar-refractivity contribution in [1.82, 2.24) is 14.4 Å². The number of alkyl halides is 1. The number of aryl methyl sites for hydroxylation is 1. The summed E-state index contributed by atoms with van der Waals surface area (Å²) in [6, 6.07) is 7.48. The third-order valence-electron chi connectivity index (χ3n) is 4.74. The van der Waals surface area contributed by atoms with Crippen molar-refractivity contribution >= 4 is 23.4 Å².